The highest BCUT2D eigenvalue weighted by molar-refractivity contribution is 7.99. The van der Waals surface area contributed by atoms with Gasteiger partial charge in [-0.15, -0.1) is 0 Å². The normalized spacial score (nSPS) is 15.8. The fourth-order valence-corrected chi connectivity index (χ4v) is 4.21. The second kappa shape index (κ2) is 9.11. The van der Waals surface area contributed by atoms with Gasteiger partial charge in [-0.1, -0.05) is 30.0 Å². The lowest BCUT2D eigenvalue weighted by atomic mass is 10.2. The Balaban J connectivity index is 1.55. The summed E-state index contributed by atoms with van der Waals surface area (Å²) in [5.74, 6) is -0.145. The molecular weight excluding hydrogens is 400 g/mol. The minimum Gasteiger partial charge on any atom is -0.376 e. The molecule has 1 N–H and O–H groups in total. The molecule has 0 radical (unpaired) electrons. The van der Waals surface area contributed by atoms with Crippen LogP contribution >= 0.6 is 11.8 Å². The first kappa shape index (κ1) is 20.1. The van der Waals surface area contributed by atoms with Crippen molar-refractivity contribution in [2.75, 3.05) is 17.7 Å². The molecule has 152 valence electrons. The molecule has 30 heavy (non-hydrogen) atoms. The van der Waals surface area contributed by atoms with Crippen molar-refractivity contribution in [2.45, 2.75) is 30.6 Å². The Morgan fingerprint density at radius 2 is 2.17 bits per heavy atom. The van der Waals surface area contributed by atoms with Gasteiger partial charge in [-0.3, -0.25) is 14.2 Å². The third kappa shape index (κ3) is 4.53. The highest BCUT2D eigenvalue weighted by atomic mass is 32.2. The van der Waals surface area contributed by atoms with E-state index >= 15 is 0 Å². The maximum atomic E-state index is 13.1. The van der Waals surface area contributed by atoms with Crippen molar-refractivity contribution in [1.29, 1.82) is 5.26 Å². The summed E-state index contributed by atoms with van der Waals surface area (Å²) < 4.78 is 7.32. The van der Waals surface area contributed by atoms with Crippen LogP contribution in [0.15, 0.2) is 58.5 Å². The van der Waals surface area contributed by atoms with Gasteiger partial charge in [0.25, 0.3) is 5.56 Å². The number of carbonyl (C=O) groups is 1. The van der Waals surface area contributed by atoms with Gasteiger partial charge in [0.05, 0.1) is 40.9 Å². The van der Waals surface area contributed by atoms with E-state index in [0.717, 1.165) is 12.8 Å². The van der Waals surface area contributed by atoms with Gasteiger partial charge < -0.3 is 10.1 Å². The van der Waals surface area contributed by atoms with Crippen LogP contribution in [-0.2, 0) is 16.1 Å². The topological polar surface area (TPSA) is 97.0 Å². The first-order valence-electron chi connectivity index (χ1n) is 9.68. The molecule has 1 saturated heterocycles. The first-order chi connectivity index (χ1) is 14.6. The molecule has 1 aromatic heterocycles. The largest absolute Gasteiger partial charge is 0.376 e. The Morgan fingerprint density at radius 1 is 1.30 bits per heavy atom. The zero-order valence-electron chi connectivity index (χ0n) is 16.2. The van der Waals surface area contributed by atoms with Gasteiger partial charge in [0.2, 0.25) is 5.91 Å². The van der Waals surface area contributed by atoms with Crippen LogP contribution in [0.4, 0.5) is 5.69 Å². The Kier molecular flexibility index (Phi) is 6.12. The van der Waals surface area contributed by atoms with Crippen molar-refractivity contribution in [3.63, 3.8) is 0 Å². The molecule has 8 heteroatoms. The molecule has 1 atom stereocenters. The summed E-state index contributed by atoms with van der Waals surface area (Å²) in [4.78, 5) is 30.1. The zero-order chi connectivity index (χ0) is 20.9. The van der Waals surface area contributed by atoms with E-state index in [1.54, 1.807) is 41.0 Å². The number of hydrogen-bond donors (Lipinski definition) is 1. The van der Waals surface area contributed by atoms with Crippen LogP contribution in [-0.4, -0.2) is 33.9 Å². The zero-order valence-corrected chi connectivity index (χ0v) is 17.0. The molecular formula is C22H20N4O3S. The molecule has 3 aromatic rings. The number of thioether (sulfide) groups is 1. The lowest BCUT2D eigenvalue weighted by Gasteiger charge is -2.16. The number of ether oxygens (including phenoxy) is 1. The minimum absolute atomic E-state index is 0.0208. The monoisotopic (exact) mass is 420 g/mol. The number of anilines is 1. The molecule has 2 aromatic carbocycles. The fourth-order valence-electron chi connectivity index (χ4n) is 3.40. The molecule has 0 spiro atoms. The van der Waals surface area contributed by atoms with Crippen molar-refractivity contribution >= 4 is 34.3 Å². The lowest BCUT2D eigenvalue weighted by Crippen LogP contribution is -2.29. The quantitative estimate of drug-likeness (QED) is 0.486. The second-order valence-corrected chi connectivity index (χ2v) is 7.93. The standard InChI is InChI=1S/C22H20N4O3S/c23-12-15-5-3-6-16(11-15)24-20(27)14-30-22-25-19-9-2-1-8-18(19)21(28)26(22)13-17-7-4-10-29-17/h1-3,5-6,8-9,11,17H,4,7,10,13-14H2,(H,24,27). The molecule has 1 unspecified atom stereocenters. The van der Waals surface area contributed by atoms with Crippen molar-refractivity contribution in [2.24, 2.45) is 0 Å². The lowest BCUT2D eigenvalue weighted by molar-refractivity contribution is -0.113. The van der Waals surface area contributed by atoms with E-state index in [2.05, 4.69) is 10.3 Å². The third-order valence-electron chi connectivity index (χ3n) is 4.84. The van der Waals surface area contributed by atoms with Crippen LogP contribution in [0.3, 0.4) is 0 Å². The summed E-state index contributed by atoms with van der Waals surface area (Å²) in [5, 5.41) is 12.8. The van der Waals surface area contributed by atoms with Crippen LogP contribution in [0.2, 0.25) is 0 Å². The minimum atomic E-state index is -0.235. The van der Waals surface area contributed by atoms with Crippen LogP contribution in [0, 0.1) is 11.3 Å². The van der Waals surface area contributed by atoms with Gasteiger partial charge in [-0.25, -0.2) is 4.98 Å². The van der Waals surface area contributed by atoms with Crippen molar-refractivity contribution < 1.29 is 9.53 Å². The SMILES string of the molecule is N#Cc1cccc(NC(=O)CSc2nc3ccccc3c(=O)n2CC2CCCO2)c1. The number of fused-ring (bicyclic) bond motifs is 1. The van der Waals surface area contributed by atoms with E-state index < -0.39 is 0 Å². The molecule has 0 aliphatic carbocycles. The summed E-state index contributed by atoms with van der Waals surface area (Å²) in [5.41, 5.74) is 1.52. The highest BCUT2D eigenvalue weighted by Crippen LogP contribution is 2.21. The summed E-state index contributed by atoms with van der Waals surface area (Å²) in [7, 11) is 0. The molecule has 4 rings (SSSR count). The predicted molar refractivity (Wildman–Crippen MR) is 115 cm³/mol. The van der Waals surface area contributed by atoms with Gasteiger partial charge in [0.1, 0.15) is 0 Å². The van der Waals surface area contributed by atoms with Crippen LogP contribution in [0.25, 0.3) is 10.9 Å². The Labute approximate surface area is 177 Å². The van der Waals surface area contributed by atoms with E-state index in [-0.39, 0.29) is 23.3 Å². The van der Waals surface area contributed by atoms with Gasteiger partial charge in [-0.05, 0) is 43.2 Å². The van der Waals surface area contributed by atoms with Crippen LogP contribution in [0.1, 0.15) is 18.4 Å². The Hall–Kier alpha value is -3.15. The number of amides is 1. The van der Waals surface area contributed by atoms with E-state index in [4.69, 9.17) is 10.00 Å². The number of nitriles is 1. The summed E-state index contributed by atoms with van der Waals surface area (Å²) in [6.07, 6.45) is 1.86. The average molecular weight is 420 g/mol. The first-order valence-corrected chi connectivity index (χ1v) is 10.7. The average Bonchev–Trinajstić information content (AvgIpc) is 3.28. The number of benzene rings is 2. The molecule has 2 heterocycles. The number of rotatable bonds is 6. The van der Waals surface area contributed by atoms with Gasteiger partial charge in [0, 0.05) is 12.3 Å². The number of carbonyl (C=O) groups excluding carboxylic acids is 1. The summed E-state index contributed by atoms with van der Waals surface area (Å²) >= 11 is 1.22. The number of nitrogens with one attached hydrogen (secondary N) is 1. The maximum absolute atomic E-state index is 13.1. The van der Waals surface area contributed by atoms with E-state index in [1.807, 2.05) is 18.2 Å². The van der Waals surface area contributed by atoms with Gasteiger partial charge in [0.15, 0.2) is 5.16 Å². The predicted octanol–water partition coefficient (Wildman–Crippen LogP) is 3.18. The summed E-state index contributed by atoms with van der Waals surface area (Å²) in [6, 6.07) is 16.0. The molecule has 0 saturated carbocycles. The van der Waals surface area contributed by atoms with Gasteiger partial charge >= 0.3 is 0 Å². The van der Waals surface area contributed by atoms with Crippen molar-refractivity contribution in [3.8, 4) is 6.07 Å². The molecule has 0 bridgehead atoms. The fraction of sp³-hybridized carbons (Fsp3) is 0.273. The smallest absolute Gasteiger partial charge is 0.262 e. The Bertz CT molecular complexity index is 1180. The van der Waals surface area contributed by atoms with E-state index in [1.165, 1.54) is 11.8 Å². The number of aromatic nitrogens is 2. The molecule has 1 aliphatic rings. The van der Waals surface area contributed by atoms with E-state index in [0.29, 0.717) is 40.5 Å². The third-order valence-corrected chi connectivity index (χ3v) is 5.82. The number of nitrogens with zero attached hydrogens (tertiary/aromatic N) is 3. The summed E-state index contributed by atoms with van der Waals surface area (Å²) in [6.45, 7) is 1.12. The highest BCUT2D eigenvalue weighted by Gasteiger charge is 2.20. The van der Waals surface area contributed by atoms with Crippen LogP contribution in [0.5, 0.6) is 0 Å². The van der Waals surface area contributed by atoms with Crippen molar-refractivity contribution in [1.82, 2.24) is 9.55 Å². The maximum Gasteiger partial charge on any atom is 0.262 e. The van der Waals surface area contributed by atoms with Gasteiger partial charge in [-0.2, -0.15) is 5.26 Å². The second-order valence-electron chi connectivity index (χ2n) is 6.99. The number of hydrogen-bond acceptors (Lipinski definition) is 6. The Morgan fingerprint density at radius 3 is 2.97 bits per heavy atom. The molecule has 1 fully saturated rings. The van der Waals surface area contributed by atoms with E-state index in [9.17, 15) is 9.59 Å². The molecule has 7 nitrogen and oxygen atoms in total. The number of para-hydroxylation sites is 1. The molecule has 1 aliphatic heterocycles. The van der Waals surface area contributed by atoms with Crippen LogP contribution < -0.4 is 10.9 Å². The van der Waals surface area contributed by atoms with Crippen molar-refractivity contribution in [3.05, 3.63) is 64.4 Å². The molecule has 1 amide bonds.